The molecule has 20 heavy (non-hydrogen) atoms. The molecule has 0 bridgehead atoms. The number of amides is 1. The van der Waals surface area contributed by atoms with Gasteiger partial charge >= 0.3 is 6.09 Å². The lowest BCUT2D eigenvalue weighted by Crippen LogP contribution is -2.45. The Morgan fingerprint density at radius 1 is 1.10 bits per heavy atom. The highest BCUT2D eigenvalue weighted by molar-refractivity contribution is 5.68. The van der Waals surface area contributed by atoms with Crippen LogP contribution in [-0.2, 0) is 4.74 Å². The molecule has 1 saturated heterocycles. The van der Waals surface area contributed by atoms with E-state index in [2.05, 4.69) is 10.6 Å². The summed E-state index contributed by atoms with van der Waals surface area (Å²) >= 11 is 0. The summed E-state index contributed by atoms with van der Waals surface area (Å²) in [5, 5.41) is 6.68. The second-order valence-electron chi connectivity index (χ2n) is 7.31. The third-order valence-corrected chi connectivity index (χ3v) is 4.41. The highest BCUT2D eigenvalue weighted by Crippen LogP contribution is 2.30. The predicted octanol–water partition coefficient (Wildman–Crippen LogP) is 3.21. The molecule has 0 aromatic rings. The van der Waals surface area contributed by atoms with Crippen molar-refractivity contribution in [1.82, 2.24) is 10.6 Å². The van der Waals surface area contributed by atoms with E-state index in [1.165, 1.54) is 38.6 Å². The molecule has 2 aliphatic rings. The van der Waals surface area contributed by atoms with E-state index in [1.807, 2.05) is 20.8 Å². The molecule has 1 aliphatic carbocycles. The highest BCUT2D eigenvalue weighted by atomic mass is 16.6. The first-order valence-electron chi connectivity index (χ1n) is 8.17. The van der Waals surface area contributed by atoms with Crippen LogP contribution in [0.3, 0.4) is 0 Å². The molecule has 2 N–H and O–H groups in total. The Kier molecular flexibility index (Phi) is 5.30. The van der Waals surface area contributed by atoms with Crippen LogP contribution in [-0.4, -0.2) is 30.3 Å². The van der Waals surface area contributed by atoms with E-state index in [-0.39, 0.29) is 6.09 Å². The van der Waals surface area contributed by atoms with E-state index in [9.17, 15) is 4.79 Å². The highest BCUT2D eigenvalue weighted by Gasteiger charge is 2.29. The van der Waals surface area contributed by atoms with Crippen LogP contribution in [0.25, 0.3) is 0 Å². The van der Waals surface area contributed by atoms with Crippen LogP contribution in [0, 0.1) is 5.92 Å². The van der Waals surface area contributed by atoms with Gasteiger partial charge in [-0.2, -0.15) is 0 Å². The molecule has 1 saturated carbocycles. The molecule has 0 aromatic carbocycles. The van der Waals surface area contributed by atoms with Gasteiger partial charge in [0.25, 0.3) is 0 Å². The maximum atomic E-state index is 11.8. The lowest BCUT2D eigenvalue weighted by atomic mass is 9.79. The number of carbonyl (C=O) groups excluding carboxylic acids is 1. The van der Waals surface area contributed by atoms with Crippen molar-refractivity contribution in [3.8, 4) is 0 Å². The smallest absolute Gasteiger partial charge is 0.407 e. The lowest BCUT2D eigenvalue weighted by Gasteiger charge is -2.36. The third kappa shape index (κ3) is 4.97. The molecule has 0 spiro atoms. The maximum Gasteiger partial charge on any atom is 0.407 e. The van der Waals surface area contributed by atoms with Crippen LogP contribution in [0.2, 0.25) is 0 Å². The standard InChI is InChI=1S/C16H30N2O2/c1-16(2,3)20-15(19)18-13-9-7-12(8-10-13)14-6-4-5-11-17-14/h12-14,17H,4-11H2,1-3H3,(H,18,19). The fraction of sp³-hybridized carbons (Fsp3) is 0.938. The summed E-state index contributed by atoms with van der Waals surface area (Å²) in [6.45, 7) is 6.88. The summed E-state index contributed by atoms with van der Waals surface area (Å²) in [5.74, 6) is 0.798. The SMILES string of the molecule is CC(C)(C)OC(=O)NC1CCC(C2CCCCN2)CC1. The van der Waals surface area contributed by atoms with Crippen LogP contribution >= 0.6 is 0 Å². The Balaban J connectivity index is 1.70. The first-order valence-corrected chi connectivity index (χ1v) is 8.17. The number of hydrogen-bond acceptors (Lipinski definition) is 3. The van der Waals surface area contributed by atoms with Gasteiger partial charge in [-0.15, -0.1) is 0 Å². The predicted molar refractivity (Wildman–Crippen MR) is 80.8 cm³/mol. The largest absolute Gasteiger partial charge is 0.444 e. The summed E-state index contributed by atoms with van der Waals surface area (Å²) < 4.78 is 5.32. The molecule has 2 rings (SSSR count). The Hall–Kier alpha value is -0.770. The van der Waals surface area contributed by atoms with Gasteiger partial charge in [0.05, 0.1) is 0 Å². The van der Waals surface area contributed by atoms with Crippen molar-refractivity contribution in [3.05, 3.63) is 0 Å². The van der Waals surface area contributed by atoms with Gasteiger partial charge < -0.3 is 15.4 Å². The molecule has 116 valence electrons. The monoisotopic (exact) mass is 282 g/mol. The summed E-state index contributed by atoms with van der Waals surface area (Å²) in [4.78, 5) is 11.8. The molecule has 1 heterocycles. The second-order valence-corrected chi connectivity index (χ2v) is 7.31. The van der Waals surface area contributed by atoms with Crippen LogP contribution < -0.4 is 10.6 Å². The zero-order chi connectivity index (χ0) is 14.6. The van der Waals surface area contributed by atoms with Gasteiger partial charge in [0.1, 0.15) is 5.60 Å². The summed E-state index contributed by atoms with van der Waals surface area (Å²) in [7, 11) is 0. The Labute approximate surface area is 123 Å². The topological polar surface area (TPSA) is 50.4 Å². The van der Waals surface area contributed by atoms with Gasteiger partial charge in [-0.3, -0.25) is 0 Å². The van der Waals surface area contributed by atoms with Crippen LogP contribution in [0.15, 0.2) is 0 Å². The Morgan fingerprint density at radius 2 is 1.80 bits per heavy atom. The minimum atomic E-state index is -0.409. The normalized spacial score (nSPS) is 31.6. The first kappa shape index (κ1) is 15.6. The van der Waals surface area contributed by atoms with Gasteiger partial charge in [0.15, 0.2) is 0 Å². The van der Waals surface area contributed by atoms with Crippen molar-refractivity contribution in [2.24, 2.45) is 5.92 Å². The zero-order valence-electron chi connectivity index (χ0n) is 13.2. The number of nitrogens with one attached hydrogen (secondary N) is 2. The van der Waals surface area contributed by atoms with Crippen molar-refractivity contribution in [1.29, 1.82) is 0 Å². The maximum absolute atomic E-state index is 11.8. The number of hydrogen-bond donors (Lipinski definition) is 2. The van der Waals surface area contributed by atoms with Crippen molar-refractivity contribution in [2.75, 3.05) is 6.54 Å². The number of rotatable bonds is 2. The molecule has 1 amide bonds. The van der Waals surface area contributed by atoms with Crippen molar-refractivity contribution in [3.63, 3.8) is 0 Å². The van der Waals surface area contributed by atoms with Gasteiger partial charge in [-0.1, -0.05) is 6.42 Å². The van der Waals surface area contributed by atoms with Crippen LogP contribution in [0.4, 0.5) is 4.79 Å². The van der Waals surface area contributed by atoms with E-state index in [0.717, 1.165) is 18.8 Å². The average molecular weight is 282 g/mol. The minimum absolute atomic E-state index is 0.267. The summed E-state index contributed by atoms with van der Waals surface area (Å²) in [5.41, 5.74) is -0.409. The van der Waals surface area contributed by atoms with E-state index in [0.29, 0.717) is 12.1 Å². The number of carbonyl (C=O) groups is 1. The van der Waals surface area contributed by atoms with Gasteiger partial charge in [0.2, 0.25) is 0 Å². The Morgan fingerprint density at radius 3 is 2.35 bits per heavy atom. The Bertz CT molecular complexity index is 311. The third-order valence-electron chi connectivity index (χ3n) is 4.41. The molecule has 1 unspecified atom stereocenters. The molecule has 1 aliphatic heterocycles. The van der Waals surface area contributed by atoms with Gasteiger partial charge in [-0.25, -0.2) is 4.79 Å². The summed E-state index contributed by atoms with van der Waals surface area (Å²) in [6.07, 6.45) is 8.37. The fourth-order valence-corrected chi connectivity index (χ4v) is 3.42. The van der Waals surface area contributed by atoms with Crippen LogP contribution in [0.5, 0.6) is 0 Å². The molecule has 4 heteroatoms. The molecule has 1 atom stereocenters. The van der Waals surface area contributed by atoms with Crippen molar-refractivity contribution < 1.29 is 9.53 Å². The van der Waals surface area contributed by atoms with E-state index in [1.54, 1.807) is 0 Å². The lowest BCUT2D eigenvalue weighted by molar-refractivity contribution is 0.0483. The van der Waals surface area contributed by atoms with Crippen molar-refractivity contribution >= 4 is 6.09 Å². The fourth-order valence-electron chi connectivity index (χ4n) is 3.42. The first-order chi connectivity index (χ1) is 9.44. The second kappa shape index (κ2) is 6.79. The minimum Gasteiger partial charge on any atom is -0.444 e. The molecule has 2 fully saturated rings. The van der Waals surface area contributed by atoms with Crippen molar-refractivity contribution in [2.45, 2.75) is 83.4 Å². The average Bonchev–Trinajstić information content (AvgIpc) is 2.38. The van der Waals surface area contributed by atoms with Gasteiger partial charge in [0, 0.05) is 12.1 Å². The van der Waals surface area contributed by atoms with Crippen LogP contribution in [0.1, 0.15) is 65.7 Å². The van der Waals surface area contributed by atoms with Gasteiger partial charge in [-0.05, 0) is 71.8 Å². The summed E-state index contributed by atoms with van der Waals surface area (Å²) in [6, 6.07) is 1.01. The van der Waals surface area contributed by atoms with E-state index in [4.69, 9.17) is 4.74 Å². The molecular weight excluding hydrogens is 252 g/mol. The molecule has 0 radical (unpaired) electrons. The quantitative estimate of drug-likeness (QED) is 0.817. The molecular formula is C16H30N2O2. The molecule has 4 nitrogen and oxygen atoms in total. The molecule has 0 aromatic heterocycles. The van der Waals surface area contributed by atoms with E-state index < -0.39 is 5.60 Å². The number of alkyl carbamates (subject to hydrolysis) is 1. The number of piperidine rings is 1. The zero-order valence-corrected chi connectivity index (χ0v) is 13.2. The van der Waals surface area contributed by atoms with E-state index >= 15 is 0 Å². The number of ether oxygens (including phenoxy) is 1.